The van der Waals surface area contributed by atoms with Gasteiger partial charge in [0, 0.05) is 30.3 Å². The van der Waals surface area contributed by atoms with Crippen LogP contribution in [-0.4, -0.2) is 20.0 Å². The van der Waals surface area contributed by atoms with Gasteiger partial charge < -0.3 is 10.2 Å². The molecule has 0 fully saturated rings. The molecule has 0 spiro atoms. The second kappa shape index (κ2) is 5.23. The highest BCUT2D eigenvalue weighted by Crippen LogP contribution is 2.19. The summed E-state index contributed by atoms with van der Waals surface area (Å²) < 4.78 is 0. The maximum Gasteiger partial charge on any atom is 0.265 e. The minimum atomic E-state index is -0.0503. The number of nitrogens with zero attached hydrogens (tertiary/aromatic N) is 1. The van der Waals surface area contributed by atoms with Crippen molar-refractivity contribution < 1.29 is 4.79 Å². The molecule has 0 saturated carbocycles. The molecule has 0 radical (unpaired) electrons. The normalized spacial score (nSPS) is 10.2. The molecule has 0 aliphatic carbocycles. The van der Waals surface area contributed by atoms with Crippen molar-refractivity contribution in [1.29, 1.82) is 0 Å². The number of hydrogen-bond acceptors (Lipinski definition) is 3. The second-order valence-corrected chi connectivity index (χ2v) is 5.59. The van der Waals surface area contributed by atoms with Gasteiger partial charge in [-0.25, -0.2) is 0 Å². The van der Waals surface area contributed by atoms with E-state index in [1.807, 2.05) is 62.3 Å². The van der Waals surface area contributed by atoms with E-state index in [1.165, 1.54) is 11.3 Å². The third-order valence-corrected chi connectivity index (χ3v) is 3.61. The number of rotatable bonds is 3. The number of amides is 1. The van der Waals surface area contributed by atoms with Gasteiger partial charge in [0.1, 0.15) is 0 Å². The van der Waals surface area contributed by atoms with Crippen molar-refractivity contribution in [1.82, 2.24) is 0 Å². The molecule has 1 heterocycles. The SMILES string of the molecule is Cc1ccc(C(=O)Nc2ccc(N(C)C)cc2)s1. The maximum atomic E-state index is 11.9. The Bertz CT molecular complexity index is 543. The highest BCUT2D eigenvalue weighted by Gasteiger charge is 2.08. The van der Waals surface area contributed by atoms with E-state index >= 15 is 0 Å². The van der Waals surface area contributed by atoms with E-state index in [1.54, 1.807) is 0 Å². The first kappa shape index (κ1) is 12.6. The molecule has 0 aliphatic heterocycles. The quantitative estimate of drug-likeness (QED) is 0.917. The molecule has 0 unspecified atom stereocenters. The van der Waals surface area contributed by atoms with E-state index in [4.69, 9.17) is 0 Å². The van der Waals surface area contributed by atoms with Crippen LogP contribution >= 0.6 is 11.3 Å². The van der Waals surface area contributed by atoms with Crippen molar-refractivity contribution in [2.24, 2.45) is 0 Å². The Labute approximate surface area is 111 Å². The zero-order valence-electron chi connectivity index (χ0n) is 10.7. The summed E-state index contributed by atoms with van der Waals surface area (Å²) in [5.41, 5.74) is 1.93. The van der Waals surface area contributed by atoms with Gasteiger partial charge >= 0.3 is 0 Å². The van der Waals surface area contributed by atoms with Crippen molar-refractivity contribution in [3.8, 4) is 0 Å². The number of anilines is 2. The fourth-order valence-electron chi connectivity index (χ4n) is 1.59. The number of carbonyl (C=O) groups is 1. The Kier molecular flexibility index (Phi) is 3.67. The van der Waals surface area contributed by atoms with Gasteiger partial charge in [0.05, 0.1) is 4.88 Å². The van der Waals surface area contributed by atoms with Gasteiger partial charge in [-0.2, -0.15) is 0 Å². The third kappa shape index (κ3) is 2.90. The minimum Gasteiger partial charge on any atom is -0.378 e. The average Bonchev–Trinajstić information content (AvgIpc) is 2.76. The molecule has 1 aromatic heterocycles. The summed E-state index contributed by atoms with van der Waals surface area (Å²) in [6.07, 6.45) is 0. The number of hydrogen-bond donors (Lipinski definition) is 1. The van der Waals surface area contributed by atoms with Gasteiger partial charge in [0.15, 0.2) is 0 Å². The van der Waals surface area contributed by atoms with Crippen LogP contribution in [0.2, 0.25) is 0 Å². The topological polar surface area (TPSA) is 32.3 Å². The van der Waals surface area contributed by atoms with Crippen LogP contribution in [0.5, 0.6) is 0 Å². The molecule has 1 amide bonds. The van der Waals surface area contributed by atoms with Crippen molar-refractivity contribution in [3.63, 3.8) is 0 Å². The molecular weight excluding hydrogens is 244 g/mol. The highest BCUT2D eigenvalue weighted by atomic mass is 32.1. The van der Waals surface area contributed by atoms with Crippen LogP contribution in [0.1, 0.15) is 14.5 Å². The molecule has 94 valence electrons. The molecule has 18 heavy (non-hydrogen) atoms. The lowest BCUT2D eigenvalue weighted by Crippen LogP contribution is -2.11. The van der Waals surface area contributed by atoms with Gasteiger partial charge in [0.2, 0.25) is 0 Å². The molecule has 0 aliphatic rings. The molecule has 1 N–H and O–H groups in total. The molecule has 1 aromatic carbocycles. The molecule has 0 bridgehead atoms. The Balaban J connectivity index is 2.07. The zero-order valence-corrected chi connectivity index (χ0v) is 11.5. The lowest BCUT2D eigenvalue weighted by atomic mass is 10.2. The van der Waals surface area contributed by atoms with E-state index in [2.05, 4.69) is 5.32 Å². The first-order valence-corrected chi connectivity index (χ1v) is 6.53. The van der Waals surface area contributed by atoms with Gasteiger partial charge in [0.25, 0.3) is 5.91 Å². The number of carbonyl (C=O) groups excluding carboxylic acids is 1. The van der Waals surface area contributed by atoms with Crippen molar-refractivity contribution in [2.75, 3.05) is 24.3 Å². The largest absolute Gasteiger partial charge is 0.378 e. The number of benzene rings is 1. The fourth-order valence-corrected chi connectivity index (χ4v) is 2.35. The monoisotopic (exact) mass is 260 g/mol. The molecule has 2 aromatic rings. The van der Waals surface area contributed by atoms with Crippen molar-refractivity contribution in [2.45, 2.75) is 6.92 Å². The van der Waals surface area contributed by atoms with E-state index < -0.39 is 0 Å². The van der Waals surface area contributed by atoms with E-state index in [0.29, 0.717) is 0 Å². The van der Waals surface area contributed by atoms with E-state index in [9.17, 15) is 4.79 Å². The summed E-state index contributed by atoms with van der Waals surface area (Å²) in [4.78, 5) is 15.8. The van der Waals surface area contributed by atoms with Gasteiger partial charge in [-0.15, -0.1) is 11.3 Å². The predicted molar refractivity (Wildman–Crippen MR) is 77.8 cm³/mol. The molecule has 0 saturated heterocycles. The van der Waals surface area contributed by atoms with Crippen LogP contribution in [0.4, 0.5) is 11.4 Å². The Morgan fingerprint density at radius 1 is 1.11 bits per heavy atom. The lowest BCUT2D eigenvalue weighted by molar-refractivity contribution is 0.103. The smallest absolute Gasteiger partial charge is 0.265 e. The second-order valence-electron chi connectivity index (χ2n) is 4.31. The number of aryl methyl sites for hydroxylation is 1. The Morgan fingerprint density at radius 3 is 2.28 bits per heavy atom. The maximum absolute atomic E-state index is 11.9. The van der Waals surface area contributed by atoms with Crippen LogP contribution in [0.3, 0.4) is 0 Å². The Hall–Kier alpha value is -1.81. The van der Waals surface area contributed by atoms with Crippen LogP contribution in [0.25, 0.3) is 0 Å². The molecule has 3 nitrogen and oxygen atoms in total. The predicted octanol–water partition coefficient (Wildman–Crippen LogP) is 3.37. The standard InChI is InChI=1S/C14H16N2OS/c1-10-4-9-13(18-10)14(17)15-11-5-7-12(8-6-11)16(2)3/h4-9H,1-3H3,(H,15,17). The molecule has 0 atom stereocenters. The molecular formula is C14H16N2OS. The summed E-state index contributed by atoms with van der Waals surface area (Å²) >= 11 is 1.50. The Morgan fingerprint density at radius 2 is 1.78 bits per heavy atom. The molecule has 4 heteroatoms. The van der Waals surface area contributed by atoms with Crippen molar-refractivity contribution in [3.05, 3.63) is 46.2 Å². The van der Waals surface area contributed by atoms with Crippen LogP contribution < -0.4 is 10.2 Å². The number of nitrogens with one attached hydrogen (secondary N) is 1. The van der Waals surface area contributed by atoms with Gasteiger partial charge in [-0.1, -0.05) is 0 Å². The van der Waals surface area contributed by atoms with E-state index in [-0.39, 0.29) is 5.91 Å². The summed E-state index contributed by atoms with van der Waals surface area (Å²) in [6.45, 7) is 1.99. The van der Waals surface area contributed by atoms with E-state index in [0.717, 1.165) is 21.1 Å². The van der Waals surface area contributed by atoms with Gasteiger partial charge in [-0.3, -0.25) is 4.79 Å². The van der Waals surface area contributed by atoms with Crippen LogP contribution in [0, 0.1) is 6.92 Å². The lowest BCUT2D eigenvalue weighted by Gasteiger charge is -2.12. The van der Waals surface area contributed by atoms with Crippen LogP contribution in [0.15, 0.2) is 36.4 Å². The molecule has 2 rings (SSSR count). The first-order valence-electron chi connectivity index (χ1n) is 5.71. The third-order valence-electron chi connectivity index (χ3n) is 2.61. The minimum absolute atomic E-state index is 0.0503. The first-order chi connectivity index (χ1) is 8.56. The van der Waals surface area contributed by atoms with Crippen LogP contribution in [-0.2, 0) is 0 Å². The summed E-state index contributed by atoms with van der Waals surface area (Å²) in [5.74, 6) is -0.0503. The fraction of sp³-hybridized carbons (Fsp3) is 0.214. The summed E-state index contributed by atoms with van der Waals surface area (Å²) in [7, 11) is 3.98. The van der Waals surface area contributed by atoms with Gasteiger partial charge in [-0.05, 0) is 43.3 Å². The zero-order chi connectivity index (χ0) is 13.1. The highest BCUT2D eigenvalue weighted by molar-refractivity contribution is 7.14. The van der Waals surface area contributed by atoms with Crippen molar-refractivity contribution >= 4 is 28.6 Å². The summed E-state index contributed by atoms with van der Waals surface area (Å²) in [6, 6.07) is 11.6. The number of thiophene rings is 1. The summed E-state index contributed by atoms with van der Waals surface area (Å²) in [5, 5.41) is 2.89. The average molecular weight is 260 g/mol.